The van der Waals surface area contributed by atoms with Gasteiger partial charge in [-0.25, -0.2) is 4.98 Å². The average Bonchev–Trinajstić information content (AvgIpc) is 2.63. The van der Waals surface area contributed by atoms with Gasteiger partial charge in [0.25, 0.3) is 0 Å². The van der Waals surface area contributed by atoms with Crippen molar-refractivity contribution in [2.45, 2.75) is 38.3 Å². The molecule has 0 radical (unpaired) electrons. The molecule has 2 aromatic carbocycles. The lowest BCUT2D eigenvalue weighted by molar-refractivity contribution is 1.13. The molecule has 4 heteroatoms. The highest BCUT2D eigenvalue weighted by Gasteiger charge is 2.12. The molecule has 26 heavy (non-hydrogen) atoms. The third kappa shape index (κ3) is 4.30. The van der Waals surface area contributed by atoms with Crippen molar-refractivity contribution >= 4 is 39.2 Å². The lowest BCUT2D eigenvalue weighted by Crippen LogP contribution is -2.02. The van der Waals surface area contributed by atoms with Crippen LogP contribution in [0.2, 0.25) is 0 Å². The largest absolute Gasteiger partial charge is 0.339 e. The maximum Gasteiger partial charge on any atom is 0.145 e. The number of thioether (sulfide) groups is 1. The molecule has 3 rings (SSSR count). The quantitative estimate of drug-likeness (QED) is 0.439. The van der Waals surface area contributed by atoms with Crippen molar-refractivity contribution < 1.29 is 0 Å². The predicted molar refractivity (Wildman–Crippen MR) is 117 cm³/mol. The molecule has 0 amide bonds. The van der Waals surface area contributed by atoms with E-state index in [9.17, 15) is 0 Å². The molecule has 3 aromatic rings. The number of aryl methyl sites for hydroxylation is 3. The van der Waals surface area contributed by atoms with E-state index in [0.717, 1.165) is 27.4 Å². The summed E-state index contributed by atoms with van der Waals surface area (Å²) in [6.07, 6.45) is 0. The van der Waals surface area contributed by atoms with Crippen LogP contribution in [0.5, 0.6) is 0 Å². The van der Waals surface area contributed by atoms with Gasteiger partial charge < -0.3 is 5.32 Å². The van der Waals surface area contributed by atoms with Crippen LogP contribution in [0.4, 0.5) is 11.5 Å². The van der Waals surface area contributed by atoms with Crippen molar-refractivity contribution in [1.29, 1.82) is 0 Å². The molecule has 0 saturated carbocycles. The summed E-state index contributed by atoms with van der Waals surface area (Å²) in [6.45, 7) is 8.43. The van der Waals surface area contributed by atoms with E-state index in [4.69, 9.17) is 4.98 Å². The van der Waals surface area contributed by atoms with Crippen molar-refractivity contribution in [3.63, 3.8) is 0 Å². The Hall–Kier alpha value is -1.78. The molecule has 1 aromatic heterocycles. The average molecular weight is 427 g/mol. The molecule has 0 aliphatic carbocycles. The van der Waals surface area contributed by atoms with Gasteiger partial charge in [-0.1, -0.05) is 36.4 Å². The minimum absolute atomic E-state index is 0.865. The number of aromatic nitrogens is 1. The van der Waals surface area contributed by atoms with Crippen molar-refractivity contribution in [3.05, 3.63) is 81.0 Å². The maximum atomic E-state index is 4.71. The summed E-state index contributed by atoms with van der Waals surface area (Å²) < 4.78 is 0.988. The third-order valence-electron chi connectivity index (χ3n) is 4.52. The second kappa shape index (κ2) is 8.28. The molecular formula is C22H23BrN2S. The Morgan fingerprint density at radius 3 is 2.42 bits per heavy atom. The Morgan fingerprint density at radius 1 is 0.962 bits per heavy atom. The van der Waals surface area contributed by atoms with E-state index < -0.39 is 0 Å². The van der Waals surface area contributed by atoms with Crippen LogP contribution in [0.3, 0.4) is 0 Å². The molecule has 134 valence electrons. The number of hydrogen-bond donors (Lipinski definition) is 1. The zero-order chi connectivity index (χ0) is 18.7. The molecule has 0 saturated heterocycles. The normalized spacial score (nSPS) is 10.8. The summed E-state index contributed by atoms with van der Waals surface area (Å²) in [5.74, 6) is 1.83. The summed E-state index contributed by atoms with van der Waals surface area (Å²) in [6, 6.07) is 17.1. The van der Waals surface area contributed by atoms with Crippen molar-refractivity contribution in [2.24, 2.45) is 0 Å². The summed E-state index contributed by atoms with van der Waals surface area (Å²) in [4.78, 5) is 6.00. The Balaban J connectivity index is 1.87. The van der Waals surface area contributed by atoms with Crippen LogP contribution in [0.25, 0.3) is 0 Å². The van der Waals surface area contributed by atoms with Gasteiger partial charge in [0.1, 0.15) is 5.82 Å². The number of anilines is 2. The Bertz CT molecular complexity index is 923. The molecule has 0 aliphatic heterocycles. The maximum absolute atomic E-state index is 4.71. The van der Waals surface area contributed by atoms with Crippen LogP contribution in [-0.4, -0.2) is 4.98 Å². The van der Waals surface area contributed by atoms with Crippen LogP contribution in [-0.2, 0) is 5.75 Å². The fraction of sp³-hybridized carbons (Fsp3) is 0.227. The number of benzene rings is 2. The van der Waals surface area contributed by atoms with Crippen LogP contribution in [0.15, 0.2) is 57.9 Å². The molecular weight excluding hydrogens is 404 g/mol. The molecule has 0 bridgehead atoms. The van der Waals surface area contributed by atoms with Gasteiger partial charge in [-0.3, -0.25) is 0 Å². The van der Waals surface area contributed by atoms with Gasteiger partial charge >= 0.3 is 0 Å². The van der Waals surface area contributed by atoms with Crippen molar-refractivity contribution in [2.75, 3.05) is 5.32 Å². The van der Waals surface area contributed by atoms with Crippen molar-refractivity contribution in [3.8, 4) is 0 Å². The van der Waals surface area contributed by atoms with Crippen LogP contribution >= 0.6 is 27.7 Å². The lowest BCUT2D eigenvalue weighted by Gasteiger charge is -2.17. The van der Waals surface area contributed by atoms with Gasteiger partial charge in [0.2, 0.25) is 0 Å². The molecule has 0 spiro atoms. The topological polar surface area (TPSA) is 24.9 Å². The number of halogens is 1. The second-order valence-electron chi connectivity index (χ2n) is 6.50. The van der Waals surface area contributed by atoms with E-state index in [1.165, 1.54) is 27.1 Å². The summed E-state index contributed by atoms with van der Waals surface area (Å²) in [5, 5.41) is 3.54. The Labute approximate surface area is 168 Å². The molecule has 1 N–H and O–H groups in total. The molecule has 0 fully saturated rings. The van der Waals surface area contributed by atoms with Gasteiger partial charge in [0, 0.05) is 22.0 Å². The first kappa shape index (κ1) is 19.0. The van der Waals surface area contributed by atoms with E-state index in [-0.39, 0.29) is 0 Å². The first-order valence-corrected chi connectivity index (χ1v) is 10.4. The highest BCUT2D eigenvalue weighted by atomic mass is 79.9. The zero-order valence-electron chi connectivity index (χ0n) is 15.6. The van der Waals surface area contributed by atoms with E-state index in [1.54, 1.807) is 0 Å². The third-order valence-corrected chi connectivity index (χ3v) is 6.36. The predicted octanol–water partition coefficient (Wildman–Crippen LogP) is 7.11. The Morgan fingerprint density at radius 2 is 1.69 bits per heavy atom. The van der Waals surface area contributed by atoms with Gasteiger partial charge in [0.15, 0.2) is 0 Å². The first-order valence-electron chi connectivity index (χ1n) is 8.63. The van der Waals surface area contributed by atoms with E-state index in [2.05, 4.69) is 90.5 Å². The molecule has 1 heterocycles. The highest BCUT2D eigenvalue weighted by Crippen LogP contribution is 2.35. The fourth-order valence-corrected chi connectivity index (χ4v) is 4.32. The standard InChI is InChI=1S/C22H23BrN2S/c1-14-10-11-20(26-13-18-8-6-5-7-9-18)16(3)21(14)25-22-19(23)12-15(2)17(4)24-22/h5-12H,13H2,1-4H3,(H,24,25). The van der Waals surface area contributed by atoms with Crippen molar-refractivity contribution in [1.82, 2.24) is 4.98 Å². The van der Waals surface area contributed by atoms with Gasteiger partial charge in [-0.05, 0) is 78.0 Å². The summed E-state index contributed by atoms with van der Waals surface area (Å²) in [5.41, 5.74) is 7.19. The number of nitrogens with zero attached hydrogens (tertiary/aromatic N) is 1. The van der Waals surface area contributed by atoms with Gasteiger partial charge in [-0.2, -0.15) is 0 Å². The second-order valence-corrected chi connectivity index (χ2v) is 8.37. The van der Waals surface area contributed by atoms with Gasteiger partial charge in [0.05, 0.1) is 4.47 Å². The monoisotopic (exact) mass is 426 g/mol. The minimum atomic E-state index is 0.865. The number of hydrogen-bond acceptors (Lipinski definition) is 3. The van der Waals surface area contributed by atoms with E-state index in [0.29, 0.717) is 0 Å². The first-order chi connectivity index (χ1) is 12.5. The van der Waals surface area contributed by atoms with Crippen LogP contribution in [0, 0.1) is 27.7 Å². The number of nitrogens with one attached hydrogen (secondary N) is 1. The summed E-state index contributed by atoms with van der Waals surface area (Å²) in [7, 11) is 0. The highest BCUT2D eigenvalue weighted by molar-refractivity contribution is 9.10. The molecule has 0 unspecified atom stereocenters. The minimum Gasteiger partial charge on any atom is -0.339 e. The molecule has 0 atom stereocenters. The lowest BCUT2D eigenvalue weighted by atomic mass is 10.1. The molecule has 0 aliphatic rings. The van der Waals surface area contributed by atoms with E-state index in [1.807, 2.05) is 18.7 Å². The van der Waals surface area contributed by atoms with E-state index >= 15 is 0 Å². The number of rotatable bonds is 5. The molecule has 2 nitrogen and oxygen atoms in total. The Kier molecular flexibility index (Phi) is 6.05. The smallest absolute Gasteiger partial charge is 0.145 e. The fourth-order valence-electron chi connectivity index (χ4n) is 2.79. The summed E-state index contributed by atoms with van der Waals surface area (Å²) >= 11 is 5.51. The van der Waals surface area contributed by atoms with Crippen LogP contribution in [0.1, 0.15) is 27.9 Å². The zero-order valence-corrected chi connectivity index (χ0v) is 18.0. The SMILES string of the molecule is Cc1cc(Br)c(Nc2c(C)ccc(SCc3ccccc3)c2C)nc1C. The number of pyridine rings is 1. The van der Waals surface area contributed by atoms with Gasteiger partial charge in [-0.15, -0.1) is 11.8 Å². The van der Waals surface area contributed by atoms with Crippen LogP contribution < -0.4 is 5.32 Å².